The van der Waals surface area contributed by atoms with E-state index >= 15 is 0 Å². The van der Waals surface area contributed by atoms with E-state index in [1.165, 1.54) is 16.7 Å². The molecule has 0 aromatic heterocycles. The maximum atomic E-state index is 12.3. The first-order valence-electron chi connectivity index (χ1n) is 7.49. The Morgan fingerprint density at radius 3 is 2.75 bits per heavy atom. The molecule has 0 aliphatic carbocycles. The van der Waals surface area contributed by atoms with Crippen molar-refractivity contribution in [1.29, 1.82) is 0 Å². The average molecular weight is 295 g/mol. The van der Waals surface area contributed by atoms with Crippen LogP contribution in [0.1, 0.15) is 42.9 Å². The van der Waals surface area contributed by atoms with Gasteiger partial charge in [0.15, 0.2) is 0 Å². The van der Waals surface area contributed by atoms with Gasteiger partial charge in [0.1, 0.15) is 0 Å². The van der Waals surface area contributed by atoms with E-state index in [2.05, 4.69) is 32.0 Å². The number of nitrogens with zero attached hydrogens (tertiary/aromatic N) is 1. The lowest BCUT2D eigenvalue weighted by Gasteiger charge is -2.24. The van der Waals surface area contributed by atoms with Gasteiger partial charge in [0.05, 0.1) is 5.75 Å². The Kier molecular flexibility index (Phi) is 4.86. The number of hydrogen-bond donors (Lipinski definition) is 0. The summed E-state index contributed by atoms with van der Waals surface area (Å²) in [5.41, 5.74) is 3.79. The van der Waals surface area contributed by atoms with Crippen LogP contribution in [-0.4, -0.2) is 31.1 Å². The molecule has 0 spiro atoms. The number of aryl methyl sites for hydroxylation is 2. The molecule has 0 radical (unpaired) electrons. The molecule has 0 amide bonds. The Bertz CT molecular complexity index is 566. The zero-order valence-corrected chi connectivity index (χ0v) is 13.5. The summed E-state index contributed by atoms with van der Waals surface area (Å²) >= 11 is 0. The second-order valence-electron chi connectivity index (χ2n) is 5.86. The highest BCUT2D eigenvalue weighted by Gasteiger charge is 2.33. The third-order valence-electron chi connectivity index (χ3n) is 4.10. The number of sulfonamides is 1. The molecule has 2 rings (SSSR count). The predicted molar refractivity (Wildman–Crippen MR) is 83.4 cm³/mol. The summed E-state index contributed by atoms with van der Waals surface area (Å²) in [5, 5.41) is 0. The monoisotopic (exact) mass is 295 g/mol. The van der Waals surface area contributed by atoms with Gasteiger partial charge in [-0.3, -0.25) is 0 Å². The molecule has 1 aromatic carbocycles. The van der Waals surface area contributed by atoms with Gasteiger partial charge in [-0.25, -0.2) is 8.42 Å². The topological polar surface area (TPSA) is 37.4 Å². The van der Waals surface area contributed by atoms with Crippen molar-refractivity contribution in [3.8, 4) is 0 Å². The first kappa shape index (κ1) is 15.5. The third-order valence-corrected chi connectivity index (χ3v) is 6.22. The van der Waals surface area contributed by atoms with E-state index < -0.39 is 10.0 Å². The van der Waals surface area contributed by atoms with E-state index in [0.29, 0.717) is 13.0 Å². The zero-order valence-electron chi connectivity index (χ0n) is 12.7. The molecule has 1 aliphatic heterocycles. The minimum absolute atomic E-state index is 0.145. The van der Waals surface area contributed by atoms with Crippen molar-refractivity contribution < 1.29 is 8.42 Å². The summed E-state index contributed by atoms with van der Waals surface area (Å²) in [5.74, 6) is 0.274. The van der Waals surface area contributed by atoms with E-state index in [-0.39, 0.29) is 11.8 Å². The molecular formula is C16H25NO2S. The maximum Gasteiger partial charge on any atom is 0.214 e. The molecular weight excluding hydrogens is 270 g/mol. The summed E-state index contributed by atoms with van der Waals surface area (Å²) in [7, 11) is -3.07. The highest BCUT2D eigenvalue weighted by molar-refractivity contribution is 7.89. The predicted octanol–water partition coefficient (Wildman–Crippen LogP) is 3.05. The Morgan fingerprint density at radius 2 is 2.05 bits per heavy atom. The van der Waals surface area contributed by atoms with Crippen LogP contribution in [0.3, 0.4) is 0 Å². The van der Waals surface area contributed by atoms with Crippen LogP contribution < -0.4 is 0 Å². The lowest BCUT2D eigenvalue weighted by atomic mass is 9.98. The van der Waals surface area contributed by atoms with E-state index in [9.17, 15) is 8.42 Å². The van der Waals surface area contributed by atoms with Crippen LogP contribution in [0.25, 0.3) is 0 Å². The number of benzene rings is 1. The van der Waals surface area contributed by atoms with Crippen LogP contribution in [0.5, 0.6) is 0 Å². The van der Waals surface area contributed by atoms with Crippen LogP contribution in [0.2, 0.25) is 0 Å². The maximum absolute atomic E-state index is 12.3. The van der Waals surface area contributed by atoms with Gasteiger partial charge in [0.2, 0.25) is 10.0 Å². The van der Waals surface area contributed by atoms with Crippen molar-refractivity contribution in [2.45, 2.75) is 52.5 Å². The fourth-order valence-corrected chi connectivity index (χ4v) is 4.82. The molecule has 3 nitrogen and oxygen atoms in total. The molecule has 0 bridgehead atoms. The Morgan fingerprint density at radius 1 is 1.30 bits per heavy atom. The lowest BCUT2D eigenvalue weighted by Crippen LogP contribution is -2.38. The Labute approximate surface area is 123 Å². The fourth-order valence-electron chi connectivity index (χ4n) is 3.03. The normalized spacial score (nSPS) is 20.4. The highest BCUT2D eigenvalue weighted by Crippen LogP contribution is 2.26. The summed E-state index contributed by atoms with van der Waals surface area (Å²) in [4.78, 5) is 0. The van der Waals surface area contributed by atoms with Gasteiger partial charge in [0.25, 0.3) is 0 Å². The summed E-state index contributed by atoms with van der Waals surface area (Å²) in [6.45, 7) is 6.81. The molecule has 1 fully saturated rings. The molecule has 4 heteroatoms. The summed E-state index contributed by atoms with van der Waals surface area (Å²) < 4.78 is 26.4. The third kappa shape index (κ3) is 3.41. The molecule has 0 N–H and O–H groups in total. The molecule has 1 aromatic rings. The van der Waals surface area contributed by atoms with Crippen LogP contribution in [0, 0.1) is 13.8 Å². The van der Waals surface area contributed by atoms with E-state index in [1.54, 1.807) is 4.31 Å². The smallest absolute Gasteiger partial charge is 0.212 e. The molecule has 1 saturated heterocycles. The minimum atomic E-state index is -3.07. The fraction of sp³-hybridized carbons (Fsp3) is 0.625. The Balaban J connectivity index is 2.18. The second-order valence-corrected chi connectivity index (χ2v) is 7.90. The minimum Gasteiger partial charge on any atom is -0.212 e. The van der Waals surface area contributed by atoms with Crippen LogP contribution in [-0.2, 0) is 16.4 Å². The molecule has 1 unspecified atom stereocenters. The van der Waals surface area contributed by atoms with Crippen molar-refractivity contribution >= 4 is 10.0 Å². The van der Waals surface area contributed by atoms with Crippen molar-refractivity contribution in [3.05, 3.63) is 34.9 Å². The molecule has 1 atom stereocenters. The van der Waals surface area contributed by atoms with Crippen LogP contribution in [0.4, 0.5) is 0 Å². The molecule has 1 heterocycles. The van der Waals surface area contributed by atoms with Gasteiger partial charge in [-0.2, -0.15) is 4.31 Å². The highest BCUT2D eigenvalue weighted by atomic mass is 32.2. The molecule has 20 heavy (non-hydrogen) atoms. The van der Waals surface area contributed by atoms with Crippen LogP contribution >= 0.6 is 0 Å². The molecule has 112 valence electrons. The average Bonchev–Trinajstić information content (AvgIpc) is 2.83. The van der Waals surface area contributed by atoms with E-state index in [0.717, 1.165) is 19.3 Å². The second kappa shape index (κ2) is 6.27. The van der Waals surface area contributed by atoms with Crippen LogP contribution in [0.15, 0.2) is 18.2 Å². The standard InChI is InChI=1S/C16H25NO2S/c1-4-10-20(18,19)17-9-5-6-16(17)12-15-11-13(2)7-8-14(15)3/h7-8,11,16H,4-6,9-10,12H2,1-3H3. The van der Waals surface area contributed by atoms with Crippen molar-refractivity contribution in [2.75, 3.05) is 12.3 Å². The summed E-state index contributed by atoms with van der Waals surface area (Å²) in [6.07, 6.45) is 3.50. The van der Waals surface area contributed by atoms with Crippen molar-refractivity contribution in [1.82, 2.24) is 4.31 Å². The largest absolute Gasteiger partial charge is 0.214 e. The van der Waals surface area contributed by atoms with Gasteiger partial charge in [-0.05, 0) is 50.7 Å². The van der Waals surface area contributed by atoms with Gasteiger partial charge in [-0.1, -0.05) is 30.7 Å². The van der Waals surface area contributed by atoms with E-state index in [1.807, 2.05) is 6.92 Å². The van der Waals surface area contributed by atoms with Gasteiger partial charge in [0, 0.05) is 12.6 Å². The summed E-state index contributed by atoms with van der Waals surface area (Å²) in [6, 6.07) is 6.58. The number of hydrogen-bond acceptors (Lipinski definition) is 2. The first-order valence-corrected chi connectivity index (χ1v) is 9.10. The molecule has 0 saturated carbocycles. The van der Waals surface area contributed by atoms with Gasteiger partial charge >= 0.3 is 0 Å². The van der Waals surface area contributed by atoms with Gasteiger partial charge in [-0.15, -0.1) is 0 Å². The van der Waals surface area contributed by atoms with E-state index in [4.69, 9.17) is 0 Å². The van der Waals surface area contributed by atoms with Crippen molar-refractivity contribution in [3.63, 3.8) is 0 Å². The quantitative estimate of drug-likeness (QED) is 0.837. The Hall–Kier alpha value is -0.870. The lowest BCUT2D eigenvalue weighted by molar-refractivity contribution is 0.385. The number of rotatable bonds is 5. The molecule has 1 aliphatic rings. The van der Waals surface area contributed by atoms with Gasteiger partial charge < -0.3 is 0 Å². The van der Waals surface area contributed by atoms with Crippen molar-refractivity contribution in [2.24, 2.45) is 0 Å². The zero-order chi connectivity index (χ0) is 14.8. The SMILES string of the molecule is CCCS(=O)(=O)N1CCCC1Cc1cc(C)ccc1C. The first-order chi connectivity index (χ1) is 9.44.